The van der Waals surface area contributed by atoms with E-state index in [1.165, 1.54) is 16.8 Å². The van der Waals surface area contributed by atoms with E-state index >= 15 is 0 Å². The largest absolute Gasteiger partial charge is 0.497 e. The first kappa shape index (κ1) is 23.5. The Bertz CT molecular complexity index is 1220. The van der Waals surface area contributed by atoms with E-state index in [0.717, 1.165) is 10.1 Å². The molecule has 0 bridgehead atoms. The summed E-state index contributed by atoms with van der Waals surface area (Å²) in [6.07, 6.45) is -0.713. The van der Waals surface area contributed by atoms with E-state index in [4.69, 9.17) is 27.8 Å². The van der Waals surface area contributed by atoms with Crippen LogP contribution in [0.2, 0.25) is 0 Å². The zero-order valence-corrected chi connectivity index (χ0v) is 20.0. The quantitative estimate of drug-likeness (QED) is 0.557. The van der Waals surface area contributed by atoms with Gasteiger partial charge >= 0.3 is 13.5 Å². The summed E-state index contributed by atoms with van der Waals surface area (Å²) in [5.41, 5.74) is -1.27. The average Bonchev–Trinajstić information content (AvgIpc) is 3.10. The van der Waals surface area contributed by atoms with Gasteiger partial charge in [-0.25, -0.2) is 9.36 Å². The fraction of sp³-hybridized carbons (Fsp3) is 0.545. The Kier molecular flexibility index (Phi) is 6.04. The predicted octanol–water partition coefficient (Wildman–Crippen LogP) is 2.07. The van der Waals surface area contributed by atoms with Crippen LogP contribution in [0.15, 0.2) is 46.1 Å². The molecule has 5 atom stereocenters. The van der Waals surface area contributed by atoms with E-state index in [0.29, 0.717) is 18.8 Å². The van der Waals surface area contributed by atoms with Gasteiger partial charge in [0.15, 0.2) is 6.23 Å². The Labute approximate surface area is 195 Å². The van der Waals surface area contributed by atoms with Gasteiger partial charge in [-0.2, -0.15) is 0 Å². The fourth-order valence-electron chi connectivity index (χ4n) is 4.57. The first-order valence-corrected chi connectivity index (χ1v) is 12.6. The van der Waals surface area contributed by atoms with Crippen molar-refractivity contribution < 1.29 is 32.3 Å². The SMILES string of the molecule is COc1ccc(Cn2c(=O)ccn(C3O[C@@H]4CO[P@](=O)(OC(C)C)O[C@H]4[C@]34CCO4)c2=O)cc1. The smallest absolute Gasteiger partial charge is 0.475 e. The molecule has 4 heterocycles. The van der Waals surface area contributed by atoms with Gasteiger partial charge in [-0.05, 0) is 31.5 Å². The van der Waals surface area contributed by atoms with E-state index < -0.39 is 43.1 Å². The molecule has 3 aliphatic rings. The minimum Gasteiger partial charge on any atom is -0.497 e. The van der Waals surface area contributed by atoms with E-state index in [1.54, 1.807) is 45.2 Å². The van der Waals surface area contributed by atoms with Crippen LogP contribution in [0.5, 0.6) is 5.75 Å². The van der Waals surface area contributed by atoms with E-state index in [9.17, 15) is 14.2 Å². The number of nitrogens with zero attached hydrogens (tertiary/aromatic N) is 2. The third-order valence-corrected chi connectivity index (χ3v) is 7.86. The monoisotopic (exact) mass is 494 g/mol. The van der Waals surface area contributed by atoms with Crippen molar-refractivity contribution in [1.29, 1.82) is 0 Å². The number of ether oxygens (including phenoxy) is 3. The summed E-state index contributed by atoms with van der Waals surface area (Å²) in [6.45, 7) is 3.94. The van der Waals surface area contributed by atoms with E-state index in [2.05, 4.69) is 0 Å². The zero-order valence-electron chi connectivity index (χ0n) is 19.1. The highest BCUT2D eigenvalue weighted by atomic mass is 31.2. The molecule has 1 spiro atoms. The molecule has 5 rings (SSSR count). The number of benzene rings is 1. The van der Waals surface area contributed by atoms with Gasteiger partial charge in [0.1, 0.15) is 23.6 Å². The number of phosphoric acid groups is 1. The molecule has 0 radical (unpaired) electrons. The summed E-state index contributed by atoms with van der Waals surface area (Å²) in [4.78, 5) is 26.0. The van der Waals surface area contributed by atoms with E-state index in [1.807, 2.05) is 0 Å². The highest BCUT2D eigenvalue weighted by Gasteiger charge is 2.66. The van der Waals surface area contributed by atoms with Crippen LogP contribution in [0, 0.1) is 0 Å². The maximum atomic E-state index is 13.4. The third-order valence-electron chi connectivity index (χ3n) is 6.23. The molecule has 1 unspecified atom stereocenters. The lowest BCUT2D eigenvalue weighted by molar-refractivity contribution is -0.225. The van der Waals surface area contributed by atoms with Crippen LogP contribution in [0.1, 0.15) is 32.1 Å². The molecule has 184 valence electrons. The molecule has 0 amide bonds. The topological polar surface area (TPSA) is 116 Å². The maximum absolute atomic E-state index is 13.4. The van der Waals surface area contributed by atoms with Gasteiger partial charge in [-0.15, -0.1) is 0 Å². The number of hydrogen-bond donors (Lipinski definition) is 0. The highest BCUT2D eigenvalue weighted by molar-refractivity contribution is 7.48. The average molecular weight is 494 g/mol. The summed E-state index contributed by atoms with van der Waals surface area (Å²) < 4.78 is 49.3. The molecule has 34 heavy (non-hydrogen) atoms. The van der Waals surface area contributed by atoms with E-state index in [-0.39, 0.29) is 19.3 Å². The molecule has 3 aliphatic heterocycles. The van der Waals surface area contributed by atoms with Crippen LogP contribution >= 0.6 is 7.82 Å². The molecule has 3 saturated heterocycles. The number of fused-ring (bicyclic) bond motifs is 2. The van der Waals surface area contributed by atoms with Crippen molar-refractivity contribution in [3.05, 3.63) is 62.9 Å². The Balaban J connectivity index is 1.47. The minimum absolute atomic E-state index is 0.0312. The molecule has 0 N–H and O–H groups in total. The van der Waals surface area contributed by atoms with Gasteiger partial charge < -0.3 is 14.2 Å². The van der Waals surface area contributed by atoms with Gasteiger partial charge in [-0.1, -0.05) is 12.1 Å². The van der Waals surface area contributed by atoms with Crippen molar-refractivity contribution in [1.82, 2.24) is 9.13 Å². The van der Waals surface area contributed by atoms with Crippen molar-refractivity contribution in [2.75, 3.05) is 20.3 Å². The summed E-state index contributed by atoms with van der Waals surface area (Å²) in [5.74, 6) is 0.675. The molecule has 1 aromatic carbocycles. The second-order valence-electron chi connectivity index (χ2n) is 8.78. The maximum Gasteiger partial charge on any atom is 0.475 e. The number of phosphoric ester groups is 1. The summed E-state index contributed by atoms with van der Waals surface area (Å²) in [7, 11) is -2.25. The van der Waals surface area contributed by atoms with Crippen LogP contribution in [0.25, 0.3) is 0 Å². The van der Waals surface area contributed by atoms with Crippen molar-refractivity contribution >= 4 is 7.82 Å². The zero-order chi connectivity index (χ0) is 24.1. The number of aromatic nitrogens is 2. The van der Waals surface area contributed by atoms with Crippen molar-refractivity contribution in [3.8, 4) is 5.75 Å². The molecule has 3 fully saturated rings. The molecular formula is C22H27N2O9P. The lowest BCUT2D eigenvalue weighted by Gasteiger charge is -2.46. The first-order valence-electron chi connectivity index (χ1n) is 11.1. The number of hydrogen-bond acceptors (Lipinski definition) is 9. The molecule has 0 aliphatic carbocycles. The summed E-state index contributed by atoms with van der Waals surface area (Å²) in [5, 5.41) is 0. The van der Waals surface area contributed by atoms with Crippen LogP contribution < -0.4 is 16.0 Å². The fourth-order valence-corrected chi connectivity index (χ4v) is 6.18. The molecule has 11 nitrogen and oxygen atoms in total. The third kappa shape index (κ3) is 3.96. The number of methoxy groups -OCH3 is 1. The van der Waals surface area contributed by atoms with Crippen LogP contribution in [0.3, 0.4) is 0 Å². The minimum atomic E-state index is -3.81. The van der Waals surface area contributed by atoms with Crippen molar-refractivity contribution in [2.24, 2.45) is 0 Å². The van der Waals surface area contributed by atoms with Gasteiger partial charge in [-0.3, -0.25) is 27.5 Å². The van der Waals surface area contributed by atoms with Gasteiger partial charge in [0.05, 0.1) is 33.0 Å². The normalized spacial score (nSPS) is 32.5. The highest BCUT2D eigenvalue weighted by Crippen LogP contribution is 2.61. The lowest BCUT2D eigenvalue weighted by atomic mass is 9.86. The predicted molar refractivity (Wildman–Crippen MR) is 119 cm³/mol. The molecular weight excluding hydrogens is 467 g/mol. The van der Waals surface area contributed by atoms with Crippen LogP contribution in [0.4, 0.5) is 0 Å². The summed E-state index contributed by atoms with van der Waals surface area (Å²) in [6, 6.07) is 8.41. The van der Waals surface area contributed by atoms with Gasteiger partial charge in [0.25, 0.3) is 5.56 Å². The summed E-state index contributed by atoms with van der Waals surface area (Å²) >= 11 is 0. The van der Waals surface area contributed by atoms with Gasteiger partial charge in [0, 0.05) is 18.7 Å². The van der Waals surface area contributed by atoms with Crippen LogP contribution in [-0.2, 0) is 34.2 Å². The molecule has 1 aromatic heterocycles. The second kappa shape index (κ2) is 8.75. The second-order valence-corrected chi connectivity index (χ2v) is 10.4. The van der Waals surface area contributed by atoms with Crippen molar-refractivity contribution in [2.45, 2.75) is 57.0 Å². The molecule has 2 aromatic rings. The Morgan fingerprint density at radius 1 is 1.21 bits per heavy atom. The number of rotatable bonds is 6. The lowest BCUT2D eigenvalue weighted by Crippen LogP contribution is -2.59. The Morgan fingerprint density at radius 2 is 1.94 bits per heavy atom. The Hall–Kier alpha value is -2.27. The van der Waals surface area contributed by atoms with Crippen molar-refractivity contribution in [3.63, 3.8) is 0 Å². The first-order chi connectivity index (χ1) is 16.2. The molecule has 12 heteroatoms. The van der Waals surface area contributed by atoms with Crippen LogP contribution in [-0.4, -0.2) is 53.4 Å². The molecule has 0 saturated carbocycles. The standard InChI is InChI=1S/C22H27N2O9P/c1-14(2)32-34(27)30-13-17-19(33-34)22(9-11-29-22)20(31-17)23-10-8-18(25)24(21(23)26)12-15-4-6-16(28-3)7-5-15/h4-8,10,14,17,19-20H,9,11-13H2,1-3H3/t17-,19-,20?,22-,34-/m1/s1. The van der Waals surface area contributed by atoms with Gasteiger partial charge in [0.2, 0.25) is 0 Å². The Morgan fingerprint density at radius 3 is 2.56 bits per heavy atom.